The van der Waals surface area contributed by atoms with E-state index in [1.807, 2.05) is 66.2 Å². The molecule has 0 fully saturated rings. The molecule has 0 spiro atoms. The third-order valence-corrected chi connectivity index (χ3v) is 7.73. The molecule has 4 aromatic rings. The molecule has 0 amide bonds. The number of halogens is 2. The fourth-order valence-corrected chi connectivity index (χ4v) is 5.67. The molecule has 40 heavy (non-hydrogen) atoms. The van der Waals surface area contributed by atoms with Crippen LogP contribution in [0.15, 0.2) is 98.6 Å². The van der Waals surface area contributed by atoms with Gasteiger partial charge in [-0.05, 0) is 62.4 Å². The van der Waals surface area contributed by atoms with Crippen LogP contribution in [0.2, 0.25) is 0 Å². The van der Waals surface area contributed by atoms with Crippen LogP contribution in [-0.4, -0.2) is 33.9 Å². The van der Waals surface area contributed by atoms with Crippen molar-refractivity contribution in [1.29, 1.82) is 0 Å². The summed E-state index contributed by atoms with van der Waals surface area (Å²) in [5.74, 6) is -1.01. The van der Waals surface area contributed by atoms with Gasteiger partial charge < -0.3 is 19.1 Å². The number of para-hydroxylation sites is 1. The van der Waals surface area contributed by atoms with Gasteiger partial charge in [-0.25, -0.2) is 14.2 Å². The molecule has 0 aliphatic carbocycles. The second-order valence-electron chi connectivity index (χ2n) is 9.03. The van der Waals surface area contributed by atoms with Crippen molar-refractivity contribution in [3.05, 3.63) is 111 Å². The lowest BCUT2D eigenvalue weighted by Crippen LogP contribution is -2.12. The smallest absolute Gasteiger partial charge is 0.344 e. The van der Waals surface area contributed by atoms with Gasteiger partial charge in [0.25, 0.3) is 0 Å². The van der Waals surface area contributed by atoms with E-state index in [1.165, 1.54) is 17.8 Å². The van der Waals surface area contributed by atoms with E-state index < -0.39 is 11.8 Å². The highest BCUT2D eigenvalue weighted by Crippen LogP contribution is 2.41. The molecule has 5 rings (SSSR count). The monoisotopic (exact) mass is 620 g/mol. The maximum absolute atomic E-state index is 14.0. The lowest BCUT2D eigenvalue weighted by molar-refractivity contribution is -0.138. The predicted octanol–water partition coefficient (Wildman–Crippen LogP) is 8.12. The minimum atomic E-state index is -0.628. The number of hydrogen-bond acceptors (Lipinski definition) is 6. The number of nitrogens with zero attached hydrogens (tertiary/aromatic N) is 2. The number of aliphatic hydroxyl groups excluding tert-OH is 1. The number of aliphatic hydroxyl groups is 1. The Labute approximate surface area is 244 Å². The zero-order chi connectivity index (χ0) is 28.2. The molecule has 1 aromatic heterocycles. The summed E-state index contributed by atoms with van der Waals surface area (Å²) in [5.41, 5.74) is 3.57. The molecule has 9 heteroatoms. The zero-order valence-electron chi connectivity index (χ0n) is 21.9. The topological polar surface area (TPSA) is 73.0 Å². The van der Waals surface area contributed by atoms with Crippen LogP contribution < -0.4 is 4.74 Å². The van der Waals surface area contributed by atoms with Crippen molar-refractivity contribution in [1.82, 2.24) is 4.57 Å². The maximum Gasteiger partial charge on any atom is 0.344 e. The van der Waals surface area contributed by atoms with E-state index in [9.17, 15) is 14.3 Å². The quantitative estimate of drug-likeness (QED) is 0.201. The Morgan fingerprint density at radius 1 is 1.15 bits per heavy atom. The van der Waals surface area contributed by atoms with Crippen LogP contribution in [0.25, 0.3) is 17.0 Å². The first kappa shape index (κ1) is 27.7. The first-order valence-corrected chi connectivity index (χ1v) is 14.3. The van der Waals surface area contributed by atoms with Gasteiger partial charge in [0.1, 0.15) is 23.0 Å². The van der Waals surface area contributed by atoms with E-state index in [-0.39, 0.29) is 30.3 Å². The lowest BCUT2D eigenvalue weighted by atomic mass is 10.1. The molecule has 0 radical (unpaired) electrons. The SMILES string of the molecule is CCOC(=O)C1=C(O)/C(=C/c2cn(CCOc3ccccc3F)c3ccc(Br)cc23)SC1=Nc1ccc(C)cc1. The summed E-state index contributed by atoms with van der Waals surface area (Å²) in [6.45, 7) is 4.61. The zero-order valence-corrected chi connectivity index (χ0v) is 24.3. The van der Waals surface area contributed by atoms with Crippen LogP contribution in [0.4, 0.5) is 10.1 Å². The number of hydrogen-bond donors (Lipinski definition) is 1. The summed E-state index contributed by atoms with van der Waals surface area (Å²) in [6, 6.07) is 19.8. The van der Waals surface area contributed by atoms with Crippen molar-refractivity contribution in [2.45, 2.75) is 20.4 Å². The molecule has 204 valence electrons. The van der Waals surface area contributed by atoms with Crippen molar-refractivity contribution in [3.8, 4) is 5.75 Å². The lowest BCUT2D eigenvalue weighted by Gasteiger charge is -2.09. The third-order valence-electron chi connectivity index (χ3n) is 6.22. The van der Waals surface area contributed by atoms with Crippen LogP contribution in [0, 0.1) is 12.7 Å². The summed E-state index contributed by atoms with van der Waals surface area (Å²) in [7, 11) is 0. The Hall–Kier alpha value is -3.82. The highest BCUT2D eigenvalue weighted by molar-refractivity contribution is 9.10. The Morgan fingerprint density at radius 3 is 2.67 bits per heavy atom. The van der Waals surface area contributed by atoms with Crippen LogP contribution >= 0.6 is 27.7 Å². The van der Waals surface area contributed by atoms with Crippen molar-refractivity contribution in [2.75, 3.05) is 13.2 Å². The minimum absolute atomic E-state index is 0.0434. The molecule has 1 aliphatic rings. The Balaban J connectivity index is 1.50. The first-order chi connectivity index (χ1) is 19.3. The van der Waals surface area contributed by atoms with E-state index in [1.54, 1.807) is 25.1 Å². The number of aromatic nitrogens is 1. The number of thioether (sulfide) groups is 1. The van der Waals surface area contributed by atoms with Gasteiger partial charge in [0.05, 0.1) is 23.7 Å². The number of carbonyl (C=O) groups is 1. The van der Waals surface area contributed by atoms with Crippen LogP contribution in [0.3, 0.4) is 0 Å². The molecule has 0 saturated heterocycles. The molecule has 0 bridgehead atoms. The summed E-state index contributed by atoms with van der Waals surface area (Å²) >= 11 is 4.76. The Bertz CT molecular complexity index is 1670. The van der Waals surface area contributed by atoms with E-state index in [0.29, 0.717) is 22.2 Å². The Kier molecular flexibility index (Phi) is 8.42. The highest BCUT2D eigenvalue weighted by atomic mass is 79.9. The van der Waals surface area contributed by atoms with Crippen LogP contribution in [0.5, 0.6) is 5.75 Å². The van der Waals surface area contributed by atoms with Crippen LogP contribution in [0.1, 0.15) is 18.1 Å². The van der Waals surface area contributed by atoms with Gasteiger partial charge >= 0.3 is 5.97 Å². The van der Waals surface area contributed by atoms with Crippen molar-refractivity contribution in [2.24, 2.45) is 4.99 Å². The Morgan fingerprint density at radius 2 is 1.93 bits per heavy atom. The van der Waals surface area contributed by atoms with Crippen molar-refractivity contribution < 1.29 is 23.8 Å². The molecule has 1 aliphatic heterocycles. The maximum atomic E-state index is 14.0. The van der Waals surface area contributed by atoms with Gasteiger partial charge in [0.15, 0.2) is 11.6 Å². The predicted molar refractivity (Wildman–Crippen MR) is 162 cm³/mol. The number of ether oxygens (including phenoxy) is 2. The van der Waals surface area contributed by atoms with Crippen LogP contribution in [-0.2, 0) is 16.1 Å². The summed E-state index contributed by atoms with van der Waals surface area (Å²) in [6.07, 6.45) is 3.78. The molecule has 0 unspecified atom stereocenters. The van der Waals surface area contributed by atoms with Crippen molar-refractivity contribution in [3.63, 3.8) is 0 Å². The number of aliphatic imine (C=N–C) groups is 1. The van der Waals surface area contributed by atoms with E-state index in [0.717, 1.165) is 26.5 Å². The number of fused-ring (bicyclic) bond motifs is 1. The molecule has 3 aromatic carbocycles. The fraction of sp³-hybridized carbons (Fsp3) is 0.161. The summed E-state index contributed by atoms with van der Waals surface area (Å²) in [5, 5.41) is 12.5. The average molecular weight is 622 g/mol. The number of rotatable bonds is 8. The van der Waals surface area contributed by atoms with Crippen molar-refractivity contribution >= 4 is 61.4 Å². The molecular formula is C31H26BrFN2O4S. The average Bonchev–Trinajstić information content (AvgIpc) is 3.42. The normalized spacial score (nSPS) is 15.4. The second kappa shape index (κ2) is 12.1. The highest BCUT2D eigenvalue weighted by Gasteiger charge is 2.33. The van der Waals surface area contributed by atoms with Gasteiger partial charge in [-0.1, -0.05) is 57.5 Å². The second-order valence-corrected chi connectivity index (χ2v) is 11.0. The minimum Gasteiger partial charge on any atom is -0.506 e. The number of carbonyl (C=O) groups excluding carboxylic acids is 1. The summed E-state index contributed by atoms with van der Waals surface area (Å²) < 4.78 is 27.8. The molecule has 6 nitrogen and oxygen atoms in total. The van der Waals surface area contributed by atoms with E-state index >= 15 is 0 Å². The molecule has 1 N–H and O–H groups in total. The number of aryl methyl sites for hydroxylation is 1. The van der Waals surface area contributed by atoms with E-state index in [2.05, 4.69) is 20.9 Å². The van der Waals surface area contributed by atoms with E-state index in [4.69, 9.17) is 9.47 Å². The standard InChI is InChI=1S/C31H26BrFN2O4S/c1-3-38-31(37)28-29(36)27(40-30(28)34-22-11-8-19(2)9-12-22)16-20-18-35(25-13-10-21(32)17-23(20)25)14-15-39-26-7-5-4-6-24(26)33/h4-13,16-18,36H,3,14-15H2,1-2H3/b27-16-,34-30?. The molecule has 0 saturated carbocycles. The van der Waals surface area contributed by atoms with Gasteiger partial charge in [-0.15, -0.1) is 0 Å². The largest absolute Gasteiger partial charge is 0.506 e. The summed E-state index contributed by atoms with van der Waals surface area (Å²) in [4.78, 5) is 17.9. The number of benzene rings is 3. The number of esters is 1. The fourth-order valence-electron chi connectivity index (χ4n) is 4.28. The van der Waals surface area contributed by atoms with Gasteiger partial charge in [0, 0.05) is 27.1 Å². The molecule has 0 atom stereocenters. The van der Waals surface area contributed by atoms with Gasteiger partial charge in [-0.3, -0.25) is 0 Å². The first-order valence-electron chi connectivity index (χ1n) is 12.7. The van der Waals surface area contributed by atoms with Gasteiger partial charge in [0.2, 0.25) is 0 Å². The molecule has 2 heterocycles. The third kappa shape index (κ3) is 6.00. The molecular weight excluding hydrogens is 595 g/mol. The van der Waals surface area contributed by atoms with Gasteiger partial charge in [-0.2, -0.15) is 0 Å².